The van der Waals surface area contributed by atoms with Crippen molar-refractivity contribution in [1.29, 1.82) is 0 Å². The molecule has 4 rings (SSSR count). The van der Waals surface area contributed by atoms with Gasteiger partial charge in [0.2, 0.25) is 0 Å². The van der Waals surface area contributed by atoms with Crippen LogP contribution in [-0.2, 0) is 4.79 Å². The first-order valence-electron chi connectivity index (χ1n) is 8.89. The fraction of sp³-hybridized carbons (Fsp3) is 0.238. The Balaban J connectivity index is 1.77. The summed E-state index contributed by atoms with van der Waals surface area (Å²) in [6.45, 7) is 1.93. The largest absolute Gasteiger partial charge is 0.497 e. The third-order valence-corrected chi connectivity index (χ3v) is 4.90. The SMILES string of the molecule is CNC(=O)[C@@H]1CN(C(=O)c2oc3ccc(OC)cc3c2C)c2ccccc2O1. The number of fused-ring (bicyclic) bond motifs is 2. The van der Waals surface area contributed by atoms with Gasteiger partial charge in [-0.3, -0.25) is 14.5 Å². The minimum Gasteiger partial charge on any atom is -0.497 e. The molecule has 1 aliphatic heterocycles. The van der Waals surface area contributed by atoms with Crippen LogP contribution in [0.3, 0.4) is 0 Å². The molecule has 3 aromatic rings. The lowest BCUT2D eigenvalue weighted by Gasteiger charge is -2.33. The van der Waals surface area contributed by atoms with E-state index in [9.17, 15) is 9.59 Å². The molecule has 1 aromatic heterocycles. The molecule has 1 N–H and O–H groups in total. The maximum Gasteiger partial charge on any atom is 0.294 e. The van der Waals surface area contributed by atoms with Crippen molar-refractivity contribution in [3.05, 3.63) is 53.8 Å². The molecule has 0 saturated carbocycles. The van der Waals surface area contributed by atoms with Crippen molar-refractivity contribution in [1.82, 2.24) is 5.32 Å². The highest BCUT2D eigenvalue weighted by atomic mass is 16.5. The summed E-state index contributed by atoms with van der Waals surface area (Å²) in [5.74, 6) is 0.782. The molecule has 0 saturated heterocycles. The number of rotatable bonds is 3. The van der Waals surface area contributed by atoms with Crippen LogP contribution in [0.1, 0.15) is 16.1 Å². The molecule has 2 heterocycles. The van der Waals surface area contributed by atoms with Crippen molar-refractivity contribution in [2.45, 2.75) is 13.0 Å². The number of hydrogen-bond acceptors (Lipinski definition) is 5. The van der Waals surface area contributed by atoms with Crippen LogP contribution in [0.5, 0.6) is 11.5 Å². The highest BCUT2D eigenvalue weighted by Crippen LogP contribution is 2.36. The van der Waals surface area contributed by atoms with E-state index in [1.807, 2.05) is 19.1 Å². The first kappa shape index (κ1) is 17.9. The molecule has 144 valence electrons. The predicted molar refractivity (Wildman–Crippen MR) is 104 cm³/mol. The second-order valence-electron chi connectivity index (χ2n) is 6.52. The Hall–Kier alpha value is -3.48. The zero-order valence-electron chi connectivity index (χ0n) is 15.8. The Kier molecular flexibility index (Phi) is 4.43. The number of para-hydroxylation sites is 2. The summed E-state index contributed by atoms with van der Waals surface area (Å²) in [4.78, 5) is 27.1. The lowest BCUT2D eigenvalue weighted by molar-refractivity contribution is -0.127. The number of aryl methyl sites for hydroxylation is 1. The molecule has 0 aliphatic carbocycles. The van der Waals surface area contributed by atoms with E-state index in [2.05, 4.69) is 5.32 Å². The maximum absolute atomic E-state index is 13.4. The van der Waals surface area contributed by atoms with E-state index >= 15 is 0 Å². The number of furan rings is 1. The third kappa shape index (κ3) is 2.85. The normalized spacial score (nSPS) is 15.7. The molecule has 0 radical (unpaired) electrons. The minimum atomic E-state index is -0.798. The average molecular weight is 380 g/mol. The van der Waals surface area contributed by atoms with Crippen molar-refractivity contribution in [3.63, 3.8) is 0 Å². The molecule has 7 nitrogen and oxygen atoms in total. The number of methoxy groups -OCH3 is 1. The van der Waals surface area contributed by atoms with Crippen LogP contribution >= 0.6 is 0 Å². The van der Waals surface area contributed by atoms with Gasteiger partial charge in [0, 0.05) is 18.0 Å². The summed E-state index contributed by atoms with van der Waals surface area (Å²) < 4.78 is 16.9. The van der Waals surface area contributed by atoms with Gasteiger partial charge in [0.25, 0.3) is 11.8 Å². The topological polar surface area (TPSA) is 81.0 Å². The summed E-state index contributed by atoms with van der Waals surface area (Å²) in [5, 5.41) is 3.38. The Morgan fingerprint density at radius 2 is 2.00 bits per heavy atom. The number of likely N-dealkylation sites (N-methyl/N-ethyl adjacent to an activating group) is 1. The highest BCUT2D eigenvalue weighted by Gasteiger charge is 2.35. The standard InChI is InChI=1S/C21H20N2O5/c1-12-14-10-13(26-3)8-9-16(14)28-19(12)21(25)23-11-18(20(24)22-2)27-17-7-5-4-6-15(17)23/h4-10,18H,11H2,1-3H3,(H,22,24)/t18-/m0/s1. The fourth-order valence-corrected chi connectivity index (χ4v) is 3.38. The zero-order chi connectivity index (χ0) is 19.8. The molecule has 1 aliphatic rings. The van der Waals surface area contributed by atoms with E-state index < -0.39 is 6.10 Å². The van der Waals surface area contributed by atoms with Gasteiger partial charge in [-0.25, -0.2) is 0 Å². The molecule has 7 heteroatoms. The summed E-state index contributed by atoms with van der Waals surface area (Å²) in [6.07, 6.45) is -0.798. The number of carbonyl (C=O) groups excluding carboxylic acids is 2. The molecule has 0 spiro atoms. The van der Waals surface area contributed by atoms with Crippen LogP contribution in [0.25, 0.3) is 11.0 Å². The van der Waals surface area contributed by atoms with Crippen molar-refractivity contribution >= 4 is 28.5 Å². The monoisotopic (exact) mass is 380 g/mol. The molecule has 0 unspecified atom stereocenters. The summed E-state index contributed by atoms with van der Waals surface area (Å²) >= 11 is 0. The van der Waals surface area contributed by atoms with Gasteiger partial charge >= 0.3 is 0 Å². The number of amides is 2. The van der Waals surface area contributed by atoms with E-state index in [4.69, 9.17) is 13.9 Å². The van der Waals surface area contributed by atoms with Crippen LogP contribution in [0, 0.1) is 6.92 Å². The van der Waals surface area contributed by atoms with Crippen LogP contribution in [0.2, 0.25) is 0 Å². The number of hydrogen-bond donors (Lipinski definition) is 1. The average Bonchev–Trinajstić information content (AvgIpc) is 3.07. The maximum atomic E-state index is 13.4. The van der Waals surface area contributed by atoms with Gasteiger partial charge in [-0.05, 0) is 37.3 Å². The molecule has 2 aromatic carbocycles. The first-order valence-corrected chi connectivity index (χ1v) is 8.89. The van der Waals surface area contributed by atoms with Crippen molar-refractivity contribution in [2.75, 3.05) is 25.6 Å². The van der Waals surface area contributed by atoms with Crippen LogP contribution in [0.4, 0.5) is 5.69 Å². The first-order chi connectivity index (χ1) is 13.5. The summed E-state index contributed by atoms with van der Waals surface area (Å²) in [5.41, 5.74) is 1.93. The van der Waals surface area contributed by atoms with Crippen LogP contribution in [0.15, 0.2) is 46.9 Å². The zero-order valence-corrected chi connectivity index (χ0v) is 15.8. The number of ether oxygens (including phenoxy) is 2. The van der Waals surface area contributed by atoms with Crippen LogP contribution in [-0.4, -0.2) is 38.6 Å². The van der Waals surface area contributed by atoms with Gasteiger partial charge in [0.1, 0.15) is 17.1 Å². The van der Waals surface area contributed by atoms with E-state index in [1.54, 1.807) is 37.4 Å². The van der Waals surface area contributed by atoms with Crippen molar-refractivity contribution in [3.8, 4) is 11.5 Å². The third-order valence-electron chi connectivity index (χ3n) is 4.90. The summed E-state index contributed by atoms with van der Waals surface area (Å²) in [7, 11) is 3.13. The summed E-state index contributed by atoms with van der Waals surface area (Å²) in [6, 6.07) is 12.5. The van der Waals surface area contributed by atoms with Crippen molar-refractivity contribution in [2.24, 2.45) is 0 Å². The number of nitrogens with zero attached hydrogens (tertiary/aromatic N) is 1. The van der Waals surface area contributed by atoms with E-state index in [-0.39, 0.29) is 24.1 Å². The molecule has 0 bridgehead atoms. The number of nitrogens with one attached hydrogen (secondary N) is 1. The molecule has 1 atom stereocenters. The molecule has 0 fully saturated rings. The van der Waals surface area contributed by atoms with Gasteiger partial charge in [-0.2, -0.15) is 0 Å². The number of anilines is 1. The Bertz CT molecular complexity index is 1070. The van der Waals surface area contributed by atoms with E-state index in [0.29, 0.717) is 22.8 Å². The van der Waals surface area contributed by atoms with E-state index in [1.165, 1.54) is 11.9 Å². The second kappa shape index (κ2) is 6.92. The van der Waals surface area contributed by atoms with Gasteiger partial charge in [-0.15, -0.1) is 0 Å². The Morgan fingerprint density at radius 1 is 1.21 bits per heavy atom. The quantitative estimate of drug-likeness (QED) is 0.756. The molecular weight excluding hydrogens is 360 g/mol. The van der Waals surface area contributed by atoms with Gasteiger partial charge in [0.15, 0.2) is 11.9 Å². The molecule has 2 amide bonds. The van der Waals surface area contributed by atoms with E-state index in [0.717, 1.165) is 10.9 Å². The Morgan fingerprint density at radius 3 is 2.75 bits per heavy atom. The molecule has 28 heavy (non-hydrogen) atoms. The lowest BCUT2D eigenvalue weighted by Crippen LogP contribution is -2.50. The predicted octanol–water partition coefficient (Wildman–Crippen LogP) is 2.90. The highest BCUT2D eigenvalue weighted by molar-refractivity contribution is 6.09. The number of carbonyl (C=O) groups is 2. The van der Waals surface area contributed by atoms with Crippen molar-refractivity contribution < 1.29 is 23.5 Å². The van der Waals surface area contributed by atoms with Gasteiger partial charge in [-0.1, -0.05) is 12.1 Å². The number of benzene rings is 2. The van der Waals surface area contributed by atoms with Gasteiger partial charge in [0.05, 0.1) is 19.3 Å². The molecular formula is C21H20N2O5. The lowest BCUT2D eigenvalue weighted by atomic mass is 10.1. The van der Waals surface area contributed by atoms with Gasteiger partial charge < -0.3 is 19.2 Å². The van der Waals surface area contributed by atoms with Crippen LogP contribution < -0.4 is 19.7 Å². The second-order valence-corrected chi connectivity index (χ2v) is 6.52. The smallest absolute Gasteiger partial charge is 0.294 e. The minimum absolute atomic E-state index is 0.0926. The fourth-order valence-electron chi connectivity index (χ4n) is 3.38. The Labute approximate surface area is 161 Å².